The Morgan fingerprint density at radius 3 is 2.67 bits per heavy atom. The van der Waals surface area contributed by atoms with E-state index in [9.17, 15) is 4.79 Å². The molecule has 0 aliphatic heterocycles. The van der Waals surface area contributed by atoms with E-state index in [2.05, 4.69) is 15.5 Å². The van der Waals surface area contributed by atoms with Gasteiger partial charge in [-0.1, -0.05) is 36.4 Å². The molecule has 2 heterocycles. The average Bonchev–Trinajstić information content (AvgIpc) is 3.32. The lowest BCUT2D eigenvalue weighted by atomic mass is 10.0. The lowest BCUT2D eigenvalue weighted by molar-refractivity contribution is 0.0944. The van der Waals surface area contributed by atoms with Crippen LogP contribution in [0, 0.1) is 0 Å². The highest BCUT2D eigenvalue weighted by Crippen LogP contribution is 2.28. The van der Waals surface area contributed by atoms with Gasteiger partial charge in [-0.25, -0.2) is 0 Å². The first-order valence-corrected chi connectivity index (χ1v) is 10.6. The third-order valence-corrected chi connectivity index (χ3v) is 5.36. The van der Waals surface area contributed by atoms with Gasteiger partial charge in [-0.3, -0.25) is 4.79 Å². The Hall–Kier alpha value is -3.45. The number of benzene rings is 2. The largest absolute Gasteiger partial charge is 0.493 e. The molecule has 0 aliphatic carbocycles. The quantitative estimate of drug-likeness (QED) is 0.424. The maximum atomic E-state index is 12.9. The second-order valence-electron chi connectivity index (χ2n) is 6.43. The molecule has 0 saturated heterocycles. The molecule has 152 valence electrons. The molecular weight excluding hydrogens is 398 g/mol. The van der Waals surface area contributed by atoms with Gasteiger partial charge >= 0.3 is 0 Å². The minimum absolute atomic E-state index is 0.196. The molecule has 2 aromatic carbocycles. The Morgan fingerprint density at radius 1 is 1.00 bits per heavy atom. The lowest BCUT2D eigenvalue weighted by Crippen LogP contribution is -2.28. The Bertz CT molecular complexity index is 1130. The van der Waals surface area contributed by atoms with Crippen LogP contribution in [0.4, 0.5) is 0 Å². The molecule has 0 radical (unpaired) electrons. The van der Waals surface area contributed by atoms with Crippen LogP contribution in [0.25, 0.3) is 21.3 Å². The Labute approximate surface area is 178 Å². The minimum Gasteiger partial charge on any atom is -0.493 e. The van der Waals surface area contributed by atoms with Crippen LogP contribution in [0.1, 0.15) is 17.3 Å². The van der Waals surface area contributed by atoms with Crippen molar-refractivity contribution < 1.29 is 14.3 Å². The molecule has 0 saturated carbocycles. The van der Waals surface area contributed by atoms with Crippen LogP contribution < -0.4 is 14.8 Å². The van der Waals surface area contributed by atoms with Gasteiger partial charge in [0.25, 0.3) is 5.91 Å². The summed E-state index contributed by atoms with van der Waals surface area (Å²) < 4.78 is 11.3. The van der Waals surface area contributed by atoms with Crippen LogP contribution in [0.15, 0.2) is 66.0 Å². The monoisotopic (exact) mass is 419 g/mol. The van der Waals surface area contributed by atoms with E-state index in [4.69, 9.17) is 9.47 Å². The van der Waals surface area contributed by atoms with Crippen molar-refractivity contribution in [1.82, 2.24) is 15.5 Å². The topological polar surface area (TPSA) is 73.3 Å². The maximum absolute atomic E-state index is 12.9. The Balaban J connectivity index is 1.38. The molecule has 2 aromatic heterocycles. The van der Waals surface area contributed by atoms with Gasteiger partial charge in [0, 0.05) is 6.07 Å². The molecule has 7 heteroatoms. The molecule has 0 spiro atoms. The summed E-state index contributed by atoms with van der Waals surface area (Å²) >= 11 is 1.61. The molecule has 0 aliphatic rings. The van der Waals surface area contributed by atoms with Crippen LogP contribution in [0.2, 0.25) is 0 Å². The van der Waals surface area contributed by atoms with Crippen molar-refractivity contribution in [3.05, 3.63) is 71.6 Å². The van der Waals surface area contributed by atoms with E-state index >= 15 is 0 Å². The number of carbonyl (C=O) groups is 1. The van der Waals surface area contributed by atoms with Gasteiger partial charge in [0.15, 0.2) is 0 Å². The van der Waals surface area contributed by atoms with Gasteiger partial charge in [0.05, 0.1) is 23.6 Å². The summed E-state index contributed by atoms with van der Waals surface area (Å²) in [6.45, 7) is 3.01. The average molecular weight is 420 g/mol. The molecule has 0 atom stereocenters. The number of rotatable bonds is 8. The van der Waals surface area contributed by atoms with Gasteiger partial charge in [0.2, 0.25) is 5.88 Å². The molecule has 1 amide bonds. The SMILES string of the molecule is CCOc1ccc2ccccc2c1C(=O)NCCOc1ccc(-c2cccs2)nn1. The second kappa shape index (κ2) is 9.37. The molecule has 0 unspecified atom stereocenters. The molecule has 4 aromatic rings. The number of hydrogen-bond donors (Lipinski definition) is 1. The fourth-order valence-corrected chi connectivity index (χ4v) is 3.81. The van der Waals surface area contributed by atoms with Gasteiger partial charge in [0.1, 0.15) is 18.1 Å². The Kier molecular flexibility index (Phi) is 6.20. The molecule has 0 fully saturated rings. The van der Waals surface area contributed by atoms with E-state index in [1.165, 1.54) is 0 Å². The third kappa shape index (κ3) is 4.41. The molecule has 0 bridgehead atoms. The molecule has 1 N–H and O–H groups in total. The first-order valence-electron chi connectivity index (χ1n) is 9.69. The van der Waals surface area contributed by atoms with Gasteiger partial charge in [-0.05, 0) is 41.3 Å². The molecule has 30 heavy (non-hydrogen) atoms. The van der Waals surface area contributed by atoms with Crippen molar-refractivity contribution in [1.29, 1.82) is 0 Å². The van der Waals surface area contributed by atoms with Crippen molar-refractivity contribution in [2.75, 3.05) is 19.8 Å². The zero-order valence-corrected chi connectivity index (χ0v) is 17.3. The number of nitrogens with one attached hydrogen (secondary N) is 1. The van der Waals surface area contributed by atoms with Crippen molar-refractivity contribution in [3.63, 3.8) is 0 Å². The number of amides is 1. The Morgan fingerprint density at radius 2 is 1.90 bits per heavy atom. The predicted octanol–water partition coefficient (Wildman–Crippen LogP) is 4.57. The standard InChI is InChI=1S/C23H21N3O3S/c1-2-28-19-11-9-16-6-3-4-7-17(16)22(19)23(27)24-13-14-29-21-12-10-18(25-26-21)20-8-5-15-30-20/h3-12,15H,2,13-14H2,1H3,(H,24,27). The van der Waals surface area contributed by atoms with E-state index in [1.54, 1.807) is 17.4 Å². The number of aromatic nitrogens is 2. The van der Waals surface area contributed by atoms with E-state index < -0.39 is 0 Å². The van der Waals surface area contributed by atoms with Crippen molar-refractivity contribution >= 4 is 28.0 Å². The zero-order valence-electron chi connectivity index (χ0n) is 16.5. The fourth-order valence-electron chi connectivity index (χ4n) is 3.12. The first-order chi connectivity index (χ1) is 14.8. The number of fused-ring (bicyclic) bond motifs is 1. The number of hydrogen-bond acceptors (Lipinski definition) is 6. The summed E-state index contributed by atoms with van der Waals surface area (Å²) in [6.07, 6.45) is 0. The van der Waals surface area contributed by atoms with Gasteiger partial charge in [-0.15, -0.1) is 21.5 Å². The van der Waals surface area contributed by atoms with E-state index in [-0.39, 0.29) is 12.5 Å². The van der Waals surface area contributed by atoms with Crippen LogP contribution in [0.3, 0.4) is 0 Å². The van der Waals surface area contributed by atoms with Crippen LogP contribution in [-0.2, 0) is 0 Å². The molecule has 6 nitrogen and oxygen atoms in total. The van der Waals surface area contributed by atoms with Crippen LogP contribution in [-0.4, -0.2) is 35.9 Å². The van der Waals surface area contributed by atoms with Crippen LogP contribution in [0.5, 0.6) is 11.6 Å². The molecular formula is C23H21N3O3S. The summed E-state index contributed by atoms with van der Waals surface area (Å²) in [7, 11) is 0. The van der Waals surface area contributed by atoms with Crippen molar-refractivity contribution in [2.45, 2.75) is 6.92 Å². The maximum Gasteiger partial charge on any atom is 0.255 e. The highest BCUT2D eigenvalue weighted by molar-refractivity contribution is 7.13. The predicted molar refractivity (Wildman–Crippen MR) is 118 cm³/mol. The number of nitrogens with zero attached hydrogens (tertiary/aromatic N) is 2. The van der Waals surface area contributed by atoms with Gasteiger partial charge < -0.3 is 14.8 Å². The molecule has 4 rings (SSSR count). The third-order valence-electron chi connectivity index (χ3n) is 4.47. The minimum atomic E-state index is -0.196. The van der Waals surface area contributed by atoms with Crippen LogP contribution >= 0.6 is 11.3 Å². The van der Waals surface area contributed by atoms with E-state index in [0.717, 1.165) is 21.3 Å². The fraction of sp³-hybridized carbons (Fsp3) is 0.174. The number of thiophene rings is 1. The number of carbonyl (C=O) groups excluding carboxylic acids is 1. The summed E-state index contributed by atoms with van der Waals surface area (Å²) in [4.78, 5) is 13.9. The number of ether oxygens (including phenoxy) is 2. The second-order valence-corrected chi connectivity index (χ2v) is 7.38. The summed E-state index contributed by atoms with van der Waals surface area (Å²) in [5.41, 5.74) is 1.35. The lowest BCUT2D eigenvalue weighted by Gasteiger charge is -2.13. The van der Waals surface area contributed by atoms with Crippen molar-refractivity contribution in [2.24, 2.45) is 0 Å². The highest BCUT2D eigenvalue weighted by atomic mass is 32.1. The summed E-state index contributed by atoms with van der Waals surface area (Å²) in [5, 5.41) is 15.0. The summed E-state index contributed by atoms with van der Waals surface area (Å²) in [6, 6.07) is 19.2. The van der Waals surface area contributed by atoms with Crippen molar-refractivity contribution in [3.8, 4) is 22.2 Å². The van der Waals surface area contributed by atoms with E-state index in [0.29, 0.717) is 30.3 Å². The normalized spacial score (nSPS) is 10.7. The summed E-state index contributed by atoms with van der Waals surface area (Å²) in [5.74, 6) is 0.798. The van der Waals surface area contributed by atoms with E-state index in [1.807, 2.05) is 66.9 Å². The highest BCUT2D eigenvalue weighted by Gasteiger charge is 2.16. The first kappa shape index (κ1) is 19.8. The zero-order chi connectivity index (χ0) is 20.8. The van der Waals surface area contributed by atoms with Gasteiger partial charge in [-0.2, -0.15) is 0 Å². The smallest absolute Gasteiger partial charge is 0.255 e.